The number of rotatable bonds is 8. The zero-order chi connectivity index (χ0) is 14.3. The summed E-state index contributed by atoms with van der Waals surface area (Å²) in [7, 11) is 0. The third-order valence-corrected chi connectivity index (χ3v) is 4.34. The predicted octanol–water partition coefficient (Wildman–Crippen LogP) is 3.71. The average Bonchev–Trinajstić information content (AvgIpc) is 2.31. The quantitative estimate of drug-likeness (QED) is 0.684. The van der Waals surface area contributed by atoms with E-state index < -0.39 is 0 Å². The molecule has 2 N–H and O–H groups in total. The Morgan fingerprint density at radius 1 is 1.16 bits per heavy atom. The molecule has 1 aliphatic carbocycles. The highest BCUT2D eigenvalue weighted by atomic mass is 16.5. The molecule has 114 valence electrons. The molecule has 19 heavy (non-hydrogen) atoms. The van der Waals surface area contributed by atoms with E-state index in [0.29, 0.717) is 12.8 Å². The first-order valence-electron chi connectivity index (χ1n) is 7.92. The van der Waals surface area contributed by atoms with Crippen LogP contribution in [0.3, 0.4) is 0 Å². The molecule has 1 unspecified atom stereocenters. The minimum absolute atomic E-state index is 0.0646. The van der Waals surface area contributed by atoms with Crippen molar-refractivity contribution in [3.8, 4) is 0 Å². The Kier molecular flexibility index (Phi) is 7.33. The van der Waals surface area contributed by atoms with Crippen molar-refractivity contribution in [1.29, 1.82) is 0 Å². The Hall–Kier alpha value is -0.120. The topological polar surface area (TPSA) is 44.5 Å². The summed E-state index contributed by atoms with van der Waals surface area (Å²) in [5.41, 5.74) is 5.42. The van der Waals surface area contributed by atoms with Gasteiger partial charge in [-0.1, -0.05) is 25.7 Å². The molecule has 3 nitrogen and oxygen atoms in total. The van der Waals surface area contributed by atoms with Gasteiger partial charge in [0, 0.05) is 6.61 Å². The van der Waals surface area contributed by atoms with Crippen LogP contribution in [0.4, 0.5) is 0 Å². The Morgan fingerprint density at radius 3 is 2.26 bits per heavy atom. The summed E-state index contributed by atoms with van der Waals surface area (Å²) in [6, 6.07) is 0. The number of hydrogen-bond acceptors (Lipinski definition) is 3. The van der Waals surface area contributed by atoms with Crippen molar-refractivity contribution in [3.05, 3.63) is 0 Å². The predicted molar refractivity (Wildman–Crippen MR) is 80.0 cm³/mol. The highest BCUT2D eigenvalue weighted by Gasteiger charge is 2.28. The summed E-state index contributed by atoms with van der Waals surface area (Å²) in [6.45, 7) is 9.75. The Labute approximate surface area is 119 Å². The molecule has 0 aromatic carbocycles. The molecule has 0 radical (unpaired) electrons. The summed E-state index contributed by atoms with van der Waals surface area (Å²) >= 11 is 0. The normalized spacial score (nSPS) is 26.4. The molecule has 1 saturated carbocycles. The summed E-state index contributed by atoms with van der Waals surface area (Å²) in [4.78, 5) is 0. The molecule has 0 saturated heterocycles. The molecule has 0 bridgehead atoms. The van der Waals surface area contributed by atoms with Crippen LogP contribution in [0.5, 0.6) is 0 Å². The fourth-order valence-corrected chi connectivity index (χ4v) is 3.47. The van der Waals surface area contributed by atoms with Crippen LogP contribution >= 0.6 is 0 Å². The van der Waals surface area contributed by atoms with Crippen LogP contribution in [0.1, 0.15) is 66.2 Å². The molecule has 1 atom stereocenters. The van der Waals surface area contributed by atoms with Crippen LogP contribution in [-0.4, -0.2) is 25.0 Å². The molecule has 3 heteroatoms. The second kappa shape index (κ2) is 8.23. The van der Waals surface area contributed by atoms with Crippen molar-refractivity contribution in [2.24, 2.45) is 17.6 Å². The van der Waals surface area contributed by atoms with E-state index in [1.807, 2.05) is 0 Å². The number of hydrogen-bond donors (Lipinski definition) is 1. The first kappa shape index (κ1) is 16.9. The third kappa shape index (κ3) is 6.73. The van der Waals surface area contributed by atoms with Crippen LogP contribution in [0.25, 0.3) is 0 Å². The molecule has 1 rings (SSSR count). The van der Waals surface area contributed by atoms with E-state index in [0.717, 1.165) is 24.9 Å². The van der Waals surface area contributed by atoms with E-state index in [9.17, 15) is 0 Å². The SMILES string of the molecule is CCOC(C)CC1CCC(CC(C)(C)OCN)CC1. The van der Waals surface area contributed by atoms with Gasteiger partial charge in [-0.05, 0) is 52.4 Å². The zero-order valence-corrected chi connectivity index (χ0v) is 13.3. The second-order valence-electron chi connectivity index (χ2n) is 6.66. The monoisotopic (exact) mass is 271 g/mol. The van der Waals surface area contributed by atoms with Crippen LogP contribution in [0.2, 0.25) is 0 Å². The molecule has 0 heterocycles. The van der Waals surface area contributed by atoms with E-state index in [2.05, 4.69) is 27.7 Å². The molecule has 1 aliphatic rings. The molecule has 1 fully saturated rings. The van der Waals surface area contributed by atoms with Crippen molar-refractivity contribution < 1.29 is 9.47 Å². The highest BCUT2D eigenvalue weighted by molar-refractivity contribution is 4.80. The largest absolute Gasteiger partial charge is 0.379 e. The maximum absolute atomic E-state index is 5.65. The van der Waals surface area contributed by atoms with Gasteiger partial charge in [0.2, 0.25) is 0 Å². The maximum atomic E-state index is 5.65. The lowest BCUT2D eigenvalue weighted by atomic mass is 9.76. The van der Waals surface area contributed by atoms with Crippen LogP contribution < -0.4 is 5.73 Å². The van der Waals surface area contributed by atoms with Gasteiger partial charge in [-0.3, -0.25) is 0 Å². The van der Waals surface area contributed by atoms with Gasteiger partial charge in [0.15, 0.2) is 0 Å². The average molecular weight is 271 g/mol. The Bertz CT molecular complexity index is 235. The summed E-state index contributed by atoms with van der Waals surface area (Å²) in [6.07, 6.45) is 8.15. The van der Waals surface area contributed by atoms with E-state index in [4.69, 9.17) is 15.2 Å². The van der Waals surface area contributed by atoms with Gasteiger partial charge in [0.05, 0.1) is 18.4 Å². The minimum Gasteiger partial charge on any atom is -0.379 e. The van der Waals surface area contributed by atoms with Crippen LogP contribution in [0.15, 0.2) is 0 Å². The fourth-order valence-electron chi connectivity index (χ4n) is 3.47. The van der Waals surface area contributed by atoms with Gasteiger partial charge in [-0.15, -0.1) is 0 Å². The molecule has 0 aromatic rings. The Balaban J connectivity index is 2.25. The van der Waals surface area contributed by atoms with Crippen LogP contribution in [-0.2, 0) is 9.47 Å². The first-order valence-corrected chi connectivity index (χ1v) is 7.92. The number of nitrogens with two attached hydrogens (primary N) is 1. The van der Waals surface area contributed by atoms with E-state index >= 15 is 0 Å². The summed E-state index contributed by atoms with van der Waals surface area (Å²) < 4.78 is 11.3. The number of ether oxygens (including phenoxy) is 2. The summed E-state index contributed by atoms with van der Waals surface area (Å²) in [5, 5.41) is 0. The molecular formula is C16H33NO2. The van der Waals surface area contributed by atoms with Crippen LogP contribution in [0, 0.1) is 11.8 Å². The molecule has 0 amide bonds. The fraction of sp³-hybridized carbons (Fsp3) is 1.00. The Morgan fingerprint density at radius 2 is 1.74 bits per heavy atom. The molecule has 0 aliphatic heterocycles. The zero-order valence-electron chi connectivity index (χ0n) is 13.3. The van der Waals surface area contributed by atoms with Crippen molar-refractivity contribution in [1.82, 2.24) is 0 Å². The third-order valence-electron chi connectivity index (χ3n) is 4.34. The first-order chi connectivity index (χ1) is 8.96. The summed E-state index contributed by atoms with van der Waals surface area (Å²) in [5.74, 6) is 1.66. The van der Waals surface area contributed by atoms with Gasteiger partial charge in [0.25, 0.3) is 0 Å². The van der Waals surface area contributed by atoms with E-state index in [1.165, 1.54) is 32.1 Å². The van der Waals surface area contributed by atoms with Crippen molar-refractivity contribution in [3.63, 3.8) is 0 Å². The molecule has 0 aromatic heterocycles. The van der Waals surface area contributed by atoms with Gasteiger partial charge in [0.1, 0.15) is 0 Å². The van der Waals surface area contributed by atoms with Gasteiger partial charge in [-0.25, -0.2) is 0 Å². The lowest BCUT2D eigenvalue weighted by Gasteiger charge is -2.34. The van der Waals surface area contributed by atoms with E-state index in [1.54, 1.807) is 0 Å². The highest BCUT2D eigenvalue weighted by Crippen LogP contribution is 2.36. The smallest absolute Gasteiger partial charge is 0.0947 e. The van der Waals surface area contributed by atoms with Gasteiger partial charge < -0.3 is 15.2 Å². The molecule has 0 spiro atoms. The van der Waals surface area contributed by atoms with E-state index in [-0.39, 0.29) is 5.60 Å². The van der Waals surface area contributed by atoms with Gasteiger partial charge >= 0.3 is 0 Å². The lowest BCUT2D eigenvalue weighted by molar-refractivity contribution is -0.0366. The van der Waals surface area contributed by atoms with Gasteiger partial charge in [-0.2, -0.15) is 0 Å². The molecular weight excluding hydrogens is 238 g/mol. The van der Waals surface area contributed by atoms with Crippen molar-refractivity contribution >= 4 is 0 Å². The van der Waals surface area contributed by atoms with Crippen molar-refractivity contribution in [2.75, 3.05) is 13.3 Å². The lowest BCUT2D eigenvalue weighted by Crippen LogP contribution is -2.32. The second-order valence-corrected chi connectivity index (χ2v) is 6.66. The standard InChI is InChI=1S/C16H33NO2/c1-5-18-13(2)10-14-6-8-15(9-7-14)11-16(3,4)19-12-17/h13-15H,5-12,17H2,1-4H3. The minimum atomic E-state index is -0.0646. The van der Waals surface area contributed by atoms with Crippen molar-refractivity contribution in [2.45, 2.75) is 77.9 Å². The maximum Gasteiger partial charge on any atom is 0.0947 e.